The lowest BCUT2D eigenvalue weighted by Crippen LogP contribution is -2.23. The number of nitrogens with one attached hydrogen (secondary N) is 1. The molecule has 18 heavy (non-hydrogen) atoms. The zero-order valence-corrected chi connectivity index (χ0v) is 9.61. The number of nitrogen functional groups attached to an aromatic ring is 1. The molecule has 2 rings (SSSR count). The van der Waals surface area contributed by atoms with Gasteiger partial charge in [-0.15, -0.1) is 0 Å². The van der Waals surface area contributed by atoms with Gasteiger partial charge in [0.15, 0.2) is 5.82 Å². The third-order valence-electron chi connectivity index (χ3n) is 2.16. The minimum Gasteiger partial charge on any atom is -0.399 e. The van der Waals surface area contributed by atoms with Gasteiger partial charge in [-0.1, -0.05) is 5.16 Å². The van der Waals surface area contributed by atoms with E-state index in [2.05, 4.69) is 15.5 Å². The molecule has 0 aliphatic carbocycles. The molecule has 3 N–H and O–H groups in total. The van der Waals surface area contributed by atoms with E-state index >= 15 is 0 Å². The number of hydrogen-bond acceptors (Lipinski definition) is 5. The predicted molar refractivity (Wildman–Crippen MR) is 61.0 cm³/mol. The summed E-state index contributed by atoms with van der Waals surface area (Å²) in [5.74, 6) is -0.251. The number of anilines is 1. The maximum Gasteiger partial charge on any atom is 0.251 e. The van der Waals surface area contributed by atoms with Gasteiger partial charge in [-0.3, -0.25) is 4.79 Å². The molecule has 7 heteroatoms. The van der Waals surface area contributed by atoms with Gasteiger partial charge in [-0.05, 0) is 18.2 Å². The summed E-state index contributed by atoms with van der Waals surface area (Å²) in [5, 5.41) is 6.15. The zero-order valence-electron chi connectivity index (χ0n) is 9.61. The molecule has 0 atom stereocenters. The summed E-state index contributed by atoms with van der Waals surface area (Å²) in [4.78, 5) is 15.6. The number of nitrogens with zero attached hydrogens (tertiary/aromatic N) is 2. The molecule has 0 fully saturated rings. The smallest absolute Gasteiger partial charge is 0.251 e. The second kappa shape index (κ2) is 4.82. The quantitative estimate of drug-likeness (QED) is 0.793. The summed E-state index contributed by atoms with van der Waals surface area (Å²) in [6, 6.07) is 3.63. The van der Waals surface area contributed by atoms with Crippen molar-refractivity contribution in [2.24, 2.45) is 0 Å². The molecule has 0 aliphatic rings. The molecule has 0 unspecified atom stereocenters. The van der Waals surface area contributed by atoms with E-state index in [-0.39, 0.29) is 17.8 Å². The summed E-state index contributed by atoms with van der Waals surface area (Å²) in [6.45, 7) is 1.75. The van der Waals surface area contributed by atoms with Gasteiger partial charge in [0.05, 0.1) is 6.54 Å². The fourth-order valence-corrected chi connectivity index (χ4v) is 1.42. The third kappa shape index (κ3) is 2.82. The highest BCUT2D eigenvalue weighted by atomic mass is 19.1. The Morgan fingerprint density at radius 1 is 1.50 bits per heavy atom. The van der Waals surface area contributed by atoms with Crippen LogP contribution < -0.4 is 11.1 Å². The second-order valence-corrected chi connectivity index (χ2v) is 3.69. The maximum absolute atomic E-state index is 13.1. The molecule has 0 spiro atoms. The fraction of sp³-hybridized carbons (Fsp3) is 0.182. The van der Waals surface area contributed by atoms with Gasteiger partial charge in [0, 0.05) is 18.2 Å². The first kappa shape index (κ1) is 12.0. The fourth-order valence-electron chi connectivity index (χ4n) is 1.42. The second-order valence-electron chi connectivity index (χ2n) is 3.69. The first-order valence-corrected chi connectivity index (χ1v) is 5.18. The Morgan fingerprint density at radius 2 is 2.28 bits per heavy atom. The van der Waals surface area contributed by atoms with Crippen molar-refractivity contribution in [1.29, 1.82) is 0 Å². The van der Waals surface area contributed by atoms with E-state index < -0.39 is 11.7 Å². The first-order valence-electron chi connectivity index (χ1n) is 5.18. The number of aromatic nitrogens is 2. The highest BCUT2D eigenvalue weighted by molar-refractivity contribution is 5.94. The standard InChI is InChI=1S/C11H11FN4O2/c1-6-15-10(16-18-6)5-14-11(17)7-2-8(12)4-9(13)3-7/h2-4H,5,13H2,1H3,(H,14,17). The molecule has 2 aromatic rings. The topological polar surface area (TPSA) is 94.0 Å². The highest BCUT2D eigenvalue weighted by Gasteiger charge is 2.09. The lowest BCUT2D eigenvalue weighted by Gasteiger charge is -2.03. The number of rotatable bonds is 3. The van der Waals surface area contributed by atoms with Crippen molar-refractivity contribution in [3.8, 4) is 0 Å². The summed E-state index contributed by atoms with van der Waals surface area (Å²) in [7, 11) is 0. The summed E-state index contributed by atoms with van der Waals surface area (Å²) < 4.78 is 17.8. The molecule has 94 valence electrons. The van der Waals surface area contributed by atoms with E-state index in [9.17, 15) is 9.18 Å². The number of amides is 1. The molecule has 0 aliphatic heterocycles. The van der Waals surface area contributed by atoms with Crippen LogP contribution in [0, 0.1) is 12.7 Å². The molecule has 1 aromatic carbocycles. The number of nitrogens with two attached hydrogens (primary N) is 1. The molecule has 6 nitrogen and oxygen atoms in total. The van der Waals surface area contributed by atoms with Crippen LogP contribution >= 0.6 is 0 Å². The van der Waals surface area contributed by atoms with Crippen LogP contribution in [0.15, 0.2) is 22.7 Å². The SMILES string of the molecule is Cc1nc(CNC(=O)c2cc(N)cc(F)c2)no1. The average Bonchev–Trinajstić information content (AvgIpc) is 2.70. The average molecular weight is 250 g/mol. The van der Waals surface area contributed by atoms with Crippen LogP contribution in [-0.2, 0) is 6.54 Å². The van der Waals surface area contributed by atoms with E-state index in [4.69, 9.17) is 10.3 Å². The third-order valence-corrected chi connectivity index (χ3v) is 2.16. The molecular formula is C11H11FN4O2. The van der Waals surface area contributed by atoms with Gasteiger partial charge in [-0.25, -0.2) is 4.39 Å². The molecule has 0 radical (unpaired) electrons. The van der Waals surface area contributed by atoms with E-state index in [1.165, 1.54) is 6.07 Å². The summed E-state index contributed by atoms with van der Waals surface area (Å²) in [5.41, 5.74) is 5.78. The zero-order chi connectivity index (χ0) is 13.1. The maximum atomic E-state index is 13.1. The van der Waals surface area contributed by atoms with Gasteiger partial charge in [0.1, 0.15) is 5.82 Å². The largest absolute Gasteiger partial charge is 0.399 e. The normalized spacial score (nSPS) is 10.3. The molecule has 0 saturated heterocycles. The van der Waals surface area contributed by atoms with E-state index in [1.54, 1.807) is 6.92 Å². The number of halogens is 1. The molecule has 0 saturated carbocycles. The Labute approximate surface area is 102 Å². The lowest BCUT2D eigenvalue weighted by molar-refractivity contribution is 0.0949. The molecular weight excluding hydrogens is 239 g/mol. The van der Waals surface area contributed by atoms with E-state index in [1.807, 2.05) is 0 Å². The number of carbonyl (C=O) groups excluding carboxylic acids is 1. The van der Waals surface area contributed by atoms with Crippen LogP contribution in [0.2, 0.25) is 0 Å². The minimum absolute atomic E-state index is 0.104. The van der Waals surface area contributed by atoms with Crippen molar-refractivity contribution in [2.45, 2.75) is 13.5 Å². The van der Waals surface area contributed by atoms with Crippen molar-refractivity contribution < 1.29 is 13.7 Å². The Bertz CT molecular complexity index is 562. The Hall–Kier alpha value is -2.44. The van der Waals surface area contributed by atoms with Crippen LogP contribution in [0.25, 0.3) is 0 Å². The Morgan fingerprint density at radius 3 is 2.89 bits per heavy atom. The van der Waals surface area contributed by atoms with Crippen LogP contribution in [0.4, 0.5) is 10.1 Å². The first-order chi connectivity index (χ1) is 8.54. The van der Waals surface area contributed by atoms with Crippen molar-refractivity contribution in [3.05, 3.63) is 41.3 Å². The van der Waals surface area contributed by atoms with Crippen LogP contribution in [-0.4, -0.2) is 16.0 Å². The van der Waals surface area contributed by atoms with Gasteiger partial charge >= 0.3 is 0 Å². The number of benzene rings is 1. The summed E-state index contributed by atoms with van der Waals surface area (Å²) in [6.07, 6.45) is 0. The number of carbonyl (C=O) groups is 1. The number of aryl methyl sites for hydroxylation is 1. The Balaban J connectivity index is 2.03. The van der Waals surface area contributed by atoms with Crippen LogP contribution in [0.1, 0.15) is 22.1 Å². The predicted octanol–water partition coefficient (Wildman–Crippen LogP) is 1.03. The van der Waals surface area contributed by atoms with Gasteiger partial charge in [0.25, 0.3) is 5.91 Å². The minimum atomic E-state index is -0.560. The molecule has 1 heterocycles. The van der Waals surface area contributed by atoms with Crippen molar-refractivity contribution in [3.63, 3.8) is 0 Å². The van der Waals surface area contributed by atoms with Crippen LogP contribution in [0.5, 0.6) is 0 Å². The van der Waals surface area contributed by atoms with Crippen molar-refractivity contribution >= 4 is 11.6 Å². The molecule has 1 amide bonds. The van der Waals surface area contributed by atoms with Gasteiger partial charge < -0.3 is 15.6 Å². The summed E-state index contributed by atoms with van der Waals surface area (Å²) >= 11 is 0. The molecule has 1 aromatic heterocycles. The van der Waals surface area contributed by atoms with Crippen molar-refractivity contribution in [1.82, 2.24) is 15.5 Å². The van der Waals surface area contributed by atoms with E-state index in [0.29, 0.717) is 11.7 Å². The monoisotopic (exact) mass is 250 g/mol. The van der Waals surface area contributed by atoms with E-state index in [0.717, 1.165) is 12.1 Å². The molecule has 0 bridgehead atoms. The van der Waals surface area contributed by atoms with Gasteiger partial charge in [-0.2, -0.15) is 4.98 Å². The lowest BCUT2D eigenvalue weighted by atomic mass is 10.2. The van der Waals surface area contributed by atoms with Crippen molar-refractivity contribution in [2.75, 3.05) is 5.73 Å². The highest BCUT2D eigenvalue weighted by Crippen LogP contribution is 2.10. The van der Waals surface area contributed by atoms with Gasteiger partial charge in [0.2, 0.25) is 5.89 Å². The van der Waals surface area contributed by atoms with Crippen LogP contribution in [0.3, 0.4) is 0 Å². The number of hydrogen-bond donors (Lipinski definition) is 2. The Kier molecular flexibility index (Phi) is 3.22.